The van der Waals surface area contributed by atoms with Gasteiger partial charge in [-0.1, -0.05) is 55.7 Å². The lowest BCUT2D eigenvalue weighted by atomic mass is 10.1. The Morgan fingerprint density at radius 1 is 1.00 bits per heavy atom. The normalized spacial score (nSPS) is 14.6. The number of esters is 1. The van der Waals surface area contributed by atoms with Gasteiger partial charge in [0.1, 0.15) is 18.8 Å². The van der Waals surface area contributed by atoms with E-state index >= 15 is 0 Å². The lowest BCUT2D eigenvalue weighted by Gasteiger charge is -2.12. The molecule has 0 aromatic carbocycles. The monoisotopic (exact) mass is 464 g/mol. The third-order valence-corrected chi connectivity index (χ3v) is 4.63. The molecule has 0 aliphatic rings. The minimum absolute atomic E-state index is 0.245. The number of phosphoric ester groups is 1. The SMILES string of the molecule is C/C=C/C(C/C=C\C/C=C\CCCCCCCC(=O)OCC(O)COP(=O)(O)O)OO. The molecule has 0 heterocycles. The lowest BCUT2D eigenvalue weighted by molar-refractivity contribution is -0.264. The van der Waals surface area contributed by atoms with Gasteiger partial charge in [0.05, 0.1) is 6.61 Å². The van der Waals surface area contributed by atoms with Gasteiger partial charge in [0.25, 0.3) is 0 Å². The molecule has 0 saturated heterocycles. The summed E-state index contributed by atoms with van der Waals surface area (Å²) in [5, 5.41) is 18.1. The molecule has 0 aromatic rings. The number of phosphoric acid groups is 1. The molecule has 0 rings (SSSR count). The molecule has 0 spiro atoms. The number of aliphatic hydroxyl groups excluding tert-OH is 1. The number of allylic oxidation sites excluding steroid dienone is 4. The molecule has 0 aromatic heterocycles. The van der Waals surface area contributed by atoms with Crippen LogP contribution in [0.15, 0.2) is 36.5 Å². The first-order valence-electron chi connectivity index (χ1n) is 10.5. The predicted molar refractivity (Wildman–Crippen MR) is 117 cm³/mol. The van der Waals surface area contributed by atoms with Crippen LogP contribution in [-0.2, 0) is 23.5 Å². The van der Waals surface area contributed by atoms with Crippen molar-refractivity contribution in [1.29, 1.82) is 0 Å². The molecule has 10 heteroatoms. The van der Waals surface area contributed by atoms with Gasteiger partial charge in [-0.05, 0) is 39.0 Å². The maximum absolute atomic E-state index is 11.6. The van der Waals surface area contributed by atoms with Crippen molar-refractivity contribution < 1.29 is 43.7 Å². The Hall–Kier alpha value is -1.32. The maximum Gasteiger partial charge on any atom is 0.469 e. The van der Waals surface area contributed by atoms with E-state index in [0.29, 0.717) is 12.8 Å². The number of rotatable bonds is 19. The van der Waals surface area contributed by atoms with Crippen LogP contribution in [0, 0.1) is 0 Å². The Kier molecular flexibility index (Phi) is 18.5. The van der Waals surface area contributed by atoms with E-state index in [2.05, 4.69) is 21.6 Å². The highest BCUT2D eigenvalue weighted by molar-refractivity contribution is 7.46. The summed E-state index contributed by atoms with van der Waals surface area (Å²) in [4.78, 5) is 32.9. The Morgan fingerprint density at radius 3 is 2.35 bits per heavy atom. The highest BCUT2D eigenvalue weighted by Crippen LogP contribution is 2.35. The second kappa shape index (κ2) is 19.4. The van der Waals surface area contributed by atoms with Gasteiger partial charge in [0.15, 0.2) is 0 Å². The van der Waals surface area contributed by atoms with Crippen LogP contribution in [-0.4, -0.2) is 51.5 Å². The van der Waals surface area contributed by atoms with Crippen molar-refractivity contribution in [3.05, 3.63) is 36.5 Å². The van der Waals surface area contributed by atoms with Crippen LogP contribution in [0.25, 0.3) is 0 Å². The third kappa shape index (κ3) is 21.7. The second-order valence-corrected chi connectivity index (χ2v) is 8.25. The molecule has 0 aliphatic carbocycles. The van der Waals surface area contributed by atoms with Crippen molar-refractivity contribution in [3.63, 3.8) is 0 Å². The quantitative estimate of drug-likeness (QED) is 0.0556. The van der Waals surface area contributed by atoms with Gasteiger partial charge in [-0.15, -0.1) is 0 Å². The molecule has 0 radical (unpaired) electrons. The van der Waals surface area contributed by atoms with Crippen LogP contribution in [0.3, 0.4) is 0 Å². The summed E-state index contributed by atoms with van der Waals surface area (Å²) in [7, 11) is -4.64. The lowest BCUT2D eigenvalue weighted by Crippen LogP contribution is -2.23. The number of aliphatic hydroxyl groups is 1. The van der Waals surface area contributed by atoms with E-state index < -0.39 is 26.5 Å². The minimum Gasteiger partial charge on any atom is -0.463 e. The summed E-state index contributed by atoms with van der Waals surface area (Å²) in [6.45, 7) is 0.920. The number of carbonyl (C=O) groups excluding carboxylic acids is 1. The smallest absolute Gasteiger partial charge is 0.463 e. The van der Waals surface area contributed by atoms with Crippen molar-refractivity contribution in [2.75, 3.05) is 13.2 Å². The molecule has 0 saturated carbocycles. The molecule has 0 amide bonds. The molecule has 2 atom stereocenters. The zero-order valence-electron chi connectivity index (χ0n) is 18.2. The van der Waals surface area contributed by atoms with Crippen LogP contribution in [0.2, 0.25) is 0 Å². The van der Waals surface area contributed by atoms with Crippen LogP contribution in [0.4, 0.5) is 0 Å². The van der Waals surface area contributed by atoms with Crippen LogP contribution >= 0.6 is 7.82 Å². The first-order valence-corrected chi connectivity index (χ1v) is 12.1. The van der Waals surface area contributed by atoms with Gasteiger partial charge < -0.3 is 19.6 Å². The summed E-state index contributed by atoms with van der Waals surface area (Å²) in [5.41, 5.74) is 0. The van der Waals surface area contributed by atoms with Crippen LogP contribution in [0.1, 0.15) is 64.7 Å². The number of hydrogen-bond acceptors (Lipinski definition) is 7. The maximum atomic E-state index is 11.6. The molecule has 0 bridgehead atoms. The Bertz CT molecular complexity index is 583. The minimum atomic E-state index is -4.64. The zero-order valence-corrected chi connectivity index (χ0v) is 19.1. The van der Waals surface area contributed by atoms with E-state index in [1.165, 1.54) is 0 Å². The third-order valence-electron chi connectivity index (χ3n) is 4.14. The van der Waals surface area contributed by atoms with Crippen molar-refractivity contribution in [3.8, 4) is 0 Å². The summed E-state index contributed by atoms with van der Waals surface area (Å²) < 4.78 is 19.5. The fourth-order valence-corrected chi connectivity index (χ4v) is 2.91. The van der Waals surface area contributed by atoms with E-state index in [1.54, 1.807) is 6.08 Å². The fourth-order valence-electron chi connectivity index (χ4n) is 2.55. The van der Waals surface area contributed by atoms with Crippen molar-refractivity contribution in [1.82, 2.24) is 0 Å². The van der Waals surface area contributed by atoms with E-state index in [4.69, 9.17) is 19.8 Å². The first-order chi connectivity index (χ1) is 14.8. The average molecular weight is 464 g/mol. The van der Waals surface area contributed by atoms with Gasteiger partial charge in [-0.2, -0.15) is 0 Å². The molecule has 180 valence electrons. The molecule has 9 nitrogen and oxygen atoms in total. The van der Waals surface area contributed by atoms with Crippen LogP contribution < -0.4 is 0 Å². The van der Waals surface area contributed by atoms with Gasteiger partial charge in [-0.25, -0.2) is 9.45 Å². The topological polar surface area (TPSA) is 143 Å². The van der Waals surface area contributed by atoms with Gasteiger partial charge in [0, 0.05) is 6.42 Å². The summed E-state index contributed by atoms with van der Waals surface area (Å²) in [6.07, 6.45) is 17.8. The molecule has 0 aliphatic heterocycles. The Labute approximate surface area is 184 Å². The second-order valence-electron chi connectivity index (χ2n) is 7.01. The van der Waals surface area contributed by atoms with Crippen molar-refractivity contribution in [2.24, 2.45) is 0 Å². The van der Waals surface area contributed by atoms with E-state index in [9.17, 15) is 14.5 Å². The summed E-state index contributed by atoms with van der Waals surface area (Å²) in [6, 6.07) is 0. The molecule has 31 heavy (non-hydrogen) atoms. The Morgan fingerprint density at radius 2 is 1.68 bits per heavy atom. The molecular formula is C21H37O9P. The fraction of sp³-hybridized carbons (Fsp3) is 0.667. The van der Waals surface area contributed by atoms with Gasteiger partial charge in [-0.3, -0.25) is 14.6 Å². The average Bonchev–Trinajstić information content (AvgIpc) is 2.72. The molecule has 2 unspecified atom stereocenters. The summed E-state index contributed by atoms with van der Waals surface area (Å²) >= 11 is 0. The number of hydrogen-bond donors (Lipinski definition) is 4. The highest BCUT2D eigenvalue weighted by atomic mass is 31.2. The van der Waals surface area contributed by atoms with E-state index in [0.717, 1.165) is 38.5 Å². The van der Waals surface area contributed by atoms with Crippen molar-refractivity contribution in [2.45, 2.75) is 76.9 Å². The molecule has 4 N–H and O–H groups in total. The largest absolute Gasteiger partial charge is 0.469 e. The van der Waals surface area contributed by atoms with Gasteiger partial charge in [0.2, 0.25) is 0 Å². The molecule has 0 fully saturated rings. The number of ether oxygens (including phenoxy) is 1. The number of unbranched alkanes of at least 4 members (excludes halogenated alkanes) is 5. The predicted octanol–water partition coefficient (Wildman–Crippen LogP) is 4.06. The summed E-state index contributed by atoms with van der Waals surface area (Å²) in [5.74, 6) is -0.450. The van der Waals surface area contributed by atoms with E-state index in [-0.39, 0.29) is 19.1 Å². The first kappa shape index (κ1) is 29.7. The zero-order chi connectivity index (χ0) is 23.4. The number of carbonyl (C=O) groups is 1. The van der Waals surface area contributed by atoms with Crippen LogP contribution in [0.5, 0.6) is 0 Å². The standard InChI is InChI=1S/C21H37O9P/c1-2-14-20(30-24)15-12-10-8-6-4-3-5-7-9-11-13-16-21(23)28-17-19(22)18-29-31(25,26)27/h2,4,6,10,12,14,19-20,22,24H,3,5,7-9,11,13,15-18H2,1H3,(H2,25,26,27)/b6-4-,12-10-,14-2+. The molecular weight excluding hydrogens is 427 g/mol. The van der Waals surface area contributed by atoms with E-state index in [1.807, 2.05) is 25.2 Å². The van der Waals surface area contributed by atoms with Crippen molar-refractivity contribution >= 4 is 13.8 Å². The Balaban J connectivity index is 3.55. The highest BCUT2D eigenvalue weighted by Gasteiger charge is 2.17. The van der Waals surface area contributed by atoms with Gasteiger partial charge >= 0.3 is 13.8 Å².